The molecule has 9 rings (SSSR count). The van der Waals surface area contributed by atoms with Gasteiger partial charge >= 0.3 is 5.97 Å². The molecule has 318 valence electrons. The Hall–Kier alpha value is -4.18. The number of esters is 1. The Bertz CT molecular complexity index is 1900. The van der Waals surface area contributed by atoms with Gasteiger partial charge in [0.2, 0.25) is 17.7 Å². The number of aliphatic hydroxyl groups is 2. The number of hydrogen-bond donors (Lipinski definition) is 5. The van der Waals surface area contributed by atoms with Crippen molar-refractivity contribution < 1.29 is 38.9 Å². The molecule has 4 unspecified atom stereocenters. The molecule has 2 aliphatic carbocycles. The number of cyclic esters (lactones) is 1. The number of fused-ring (bicyclic) bond motifs is 1. The Morgan fingerprint density at radius 2 is 1.71 bits per heavy atom. The standard InChI is InChI=1S/C45H60N6O8/c1-27-35(44(3)12-11-38(53)45(4,25-52)37(44)19-36(27)46-28(2)42(56)51-13-15-58-16-14-51)10-7-30-18-34(59-43(30)57)17-29-5-8-33(9-6-29)47-39(54)20-40(55)48-41-31-21-49-23-32(41)24-50(22-31)26-49/h5-10,17-18,28,31-32,35-38,41,46,52-53H,1,11-16,19-26H2,2-4H3,(H,47,54)(H,48,55)/t28?,31?,32?,35?,36?,37?,38-,41?,44-,45+/m1/s1. The van der Waals surface area contributed by atoms with Gasteiger partial charge in [-0.15, -0.1) is 0 Å². The van der Waals surface area contributed by atoms with Gasteiger partial charge < -0.3 is 35.2 Å². The zero-order valence-electron chi connectivity index (χ0n) is 34.5. The van der Waals surface area contributed by atoms with Crippen molar-refractivity contribution >= 4 is 35.5 Å². The van der Waals surface area contributed by atoms with Crippen molar-refractivity contribution in [3.8, 4) is 0 Å². The summed E-state index contributed by atoms with van der Waals surface area (Å²) in [6.07, 6.45) is 8.13. The SMILES string of the molecule is C=C1C(NC(C)C(=O)N2CCOCC2)CC2[C@](C)(CC[C@@H](O)[C@@]2(C)CO)C1C=CC1=CC(=Cc2ccc(NC(=O)CC(=O)NC3C4CN5CC3CN(C4)C5)cc2)OC1=O. The van der Waals surface area contributed by atoms with Crippen molar-refractivity contribution in [1.82, 2.24) is 25.3 Å². The summed E-state index contributed by atoms with van der Waals surface area (Å²) in [5.74, 6) is -0.281. The number of hydrogen-bond acceptors (Lipinski definition) is 11. The lowest BCUT2D eigenvalue weighted by atomic mass is 9.45. The van der Waals surface area contributed by atoms with E-state index in [1.165, 1.54) is 0 Å². The van der Waals surface area contributed by atoms with Crippen LogP contribution in [0.5, 0.6) is 0 Å². The van der Waals surface area contributed by atoms with Gasteiger partial charge in [0.25, 0.3) is 0 Å². The van der Waals surface area contributed by atoms with Crippen molar-refractivity contribution in [3.63, 3.8) is 0 Å². The number of piperidine rings is 2. The molecule has 0 aromatic heterocycles. The molecule has 5 N–H and O–H groups in total. The molecule has 1 aromatic carbocycles. The van der Waals surface area contributed by atoms with Crippen molar-refractivity contribution in [2.75, 3.05) is 71.1 Å². The van der Waals surface area contributed by atoms with Gasteiger partial charge in [-0.3, -0.25) is 29.5 Å². The Morgan fingerprint density at radius 1 is 1.03 bits per heavy atom. The summed E-state index contributed by atoms with van der Waals surface area (Å²) in [4.78, 5) is 58.9. The summed E-state index contributed by atoms with van der Waals surface area (Å²) in [7, 11) is 0. The van der Waals surface area contributed by atoms with Crippen molar-refractivity contribution in [2.45, 2.75) is 70.7 Å². The van der Waals surface area contributed by atoms with E-state index in [1.807, 2.05) is 24.8 Å². The highest BCUT2D eigenvalue weighted by atomic mass is 16.5. The highest BCUT2D eigenvalue weighted by molar-refractivity contribution is 6.03. The first-order valence-corrected chi connectivity index (χ1v) is 21.3. The lowest BCUT2D eigenvalue weighted by molar-refractivity contribution is -0.150. The molecule has 6 aliphatic heterocycles. The average molecular weight is 813 g/mol. The fraction of sp³-hybridized carbons (Fsp3) is 0.600. The first kappa shape index (κ1) is 41.5. The molecular formula is C45H60N6O8. The maximum Gasteiger partial charge on any atom is 0.343 e. The molecule has 14 heteroatoms. The fourth-order valence-electron chi connectivity index (χ4n) is 11.4. The Morgan fingerprint density at radius 3 is 2.37 bits per heavy atom. The third kappa shape index (κ3) is 8.32. The topological polar surface area (TPSA) is 173 Å². The maximum atomic E-state index is 13.4. The van der Waals surface area contributed by atoms with Gasteiger partial charge in [0.15, 0.2) is 0 Å². The molecule has 14 nitrogen and oxygen atoms in total. The average Bonchev–Trinajstić information content (AvgIpc) is 3.56. The Kier molecular flexibility index (Phi) is 11.8. The summed E-state index contributed by atoms with van der Waals surface area (Å²) in [5.41, 5.74) is 1.44. The van der Waals surface area contributed by atoms with Gasteiger partial charge in [0.1, 0.15) is 12.2 Å². The molecule has 5 saturated heterocycles. The summed E-state index contributed by atoms with van der Waals surface area (Å²) >= 11 is 0. The zero-order chi connectivity index (χ0) is 41.6. The van der Waals surface area contributed by atoms with Crippen LogP contribution in [0.3, 0.4) is 0 Å². The van der Waals surface area contributed by atoms with E-state index in [9.17, 15) is 29.4 Å². The van der Waals surface area contributed by atoms with Crippen LogP contribution in [-0.2, 0) is 28.7 Å². The number of nitrogens with one attached hydrogen (secondary N) is 3. The first-order chi connectivity index (χ1) is 28.2. The molecule has 4 bridgehead atoms. The van der Waals surface area contributed by atoms with E-state index in [4.69, 9.17) is 9.47 Å². The van der Waals surface area contributed by atoms with E-state index in [2.05, 4.69) is 39.3 Å². The van der Waals surface area contributed by atoms with Crippen molar-refractivity contribution in [1.29, 1.82) is 0 Å². The number of allylic oxidation sites excluding steroid dienone is 2. The van der Waals surface area contributed by atoms with Gasteiger partial charge in [-0.2, -0.15) is 0 Å². The molecule has 1 aromatic rings. The Balaban J connectivity index is 0.916. The third-order valence-corrected chi connectivity index (χ3v) is 14.6. The lowest BCUT2D eigenvalue weighted by Gasteiger charge is -2.61. The van der Waals surface area contributed by atoms with Crippen LogP contribution in [0, 0.1) is 34.5 Å². The molecule has 7 fully saturated rings. The van der Waals surface area contributed by atoms with E-state index in [0.29, 0.717) is 74.4 Å². The van der Waals surface area contributed by atoms with E-state index in [1.54, 1.807) is 42.5 Å². The van der Waals surface area contributed by atoms with Gasteiger partial charge in [0, 0.05) is 80.2 Å². The number of carbonyl (C=O) groups is 4. The minimum atomic E-state index is -0.767. The number of carbonyl (C=O) groups excluding carboxylic acids is 4. The number of ether oxygens (including phenoxy) is 2. The maximum absolute atomic E-state index is 13.4. The molecule has 3 amide bonds. The highest BCUT2D eigenvalue weighted by Crippen LogP contribution is 2.61. The molecule has 7 atom stereocenters. The summed E-state index contributed by atoms with van der Waals surface area (Å²) in [6, 6.07) is 6.46. The molecular weight excluding hydrogens is 753 g/mol. The first-order valence-electron chi connectivity index (χ1n) is 21.3. The minimum absolute atomic E-state index is 0.00285. The second-order valence-electron chi connectivity index (χ2n) is 18.5. The van der Waals surface area contributed by atoms with Crippen LogP contribution in [0.15, 0.2) is 66.0 Å². The zero-order valence-corrected chi connectivity index (χ0v) is 34.5. The molecule has 59 heavy (non-hydrogen) atoms. The number of amides is 3. The van der Waals surface area contributed by atoms with Crippen LogP contribution in [-0.4, -0.2) is 139 Å². The number of benzene rings is 1. The van der Waals surface area contributed by atoms with Gasteiger partial charge in [-0.25, -0.2) is 4.79 Å². The third-order valence-electron chi connectivity index (χ3n) is 14.6. The van der Waals surface area contributed by atoms with Crippen LogP contribution in [0.1, 0.15) is 52.0 Å². The molecule has 0 spiro atoms. The smallest absolute Gasteiger partial charge is 0.343 e. The number of nitrogens with zero attached hydrogens (tertiary/aromatic N) is 3. The van der Waals surface area contributed by atoms with Crippen molar-refractivity contribution in [2.24, 2.45) is 34.5 Å². The fourth-order valence-corrected chi connectivity index (χ4v) is 11.4. The summed E-state index contributed by atoms with van der Waals surface area (Å²) in [5, 5.41) is 31.4. The Labute approximate surface area is 346 Å². The van der Waals surface area contributed by atoms with E-state index < -0.39 is 23.5 Å². The minimum Gasteiger partial charge on any atom is -0.423 e. The van der Waals surface area contributed by atoms with Gasteiger partial charge in [-0.1, -0.05) is 50.3 Å². The molecule has 6 heterocycles. The number of anilines is 1. The van der Waals surface area contributed by atoms with Gasteiger partial charge in [-0.05, 0) is 67.4 Å². The van der Waals surface area contributed by atoms with Gasteiger partial charge in [0.05, 0.1) is 44.2 Å². The lowest BCUT2D eigenvalue weighted by Crippen LogP contribution is -2.71. The monoisotopic (exact) mass is 812 g/mol. The molecule has 0 radical (unpaired) electrons. The predicted octanol–water partition coefficient (Wildman–Crippen LogP) is 2.27. The predicted molar refractivity (Wildman–Crippen MR) is 221 cm³/mol. The summed E-state index contributed by atoms with van der Waals surface area (Å²) < 4.78 is 11.1. The van der Waals surface area contributed by atoms with E-state index >= 15 is 0 Å². The molecule has 8 aliphatic rings. The van der Waals surface area contributed by atoms with Crippen LogP contribution in [0.25, 0.3) is 6.08 Å². The van der Waals surface area contributed by atoms with E-state index in [0.717, 1.165) is 44.0 Å². The number of morpholine rings is 1. The largest absolute Gasteiger partial charge is 0.423 e. The van der Waals surface area contributed by atoms with E-state index in [-0.39, 0.29) is 60.1 Å². The second-order valence-corrected chi connectivity index (χ2v) is 18.5. The van der Waals surface area contributed by atoms with Crippen LogP contribution in [0.4, 0.5) is 5.69 Å². The molecule has 2 saturated carbocycles. The van der Waals surface area contributed by atoms with Crippen LogP contribution < -0.4 is 16.0 Å². The van der Waals surface area contributed by atoms with Crippen molar-refractivity contribution in [3.05, 3.63) is 71.5 Å². The quantitative estimate of drug-likeness (QED) is 0.126. The normalized spacial score (nSPS) is 37.6. The van der Waals surface area contributed by atoms with Crippen LogP contribution >= 0.6 is 0 Å². The summed E-state index contributed by atoms with van der Waals surface area (Å²) in [6.45, 7) is 17.5. The number of rotatable bonds is 11. The highest BCUT2D eigenvalue weighted by Gasteiger charge is 2.59. The second kappa shape index (κ2) is 16.7. The number of aliphatic hydroxyl groups excluding tert-OH is 2. The van der Waals surface area contributed by atoms with Crippen LogP contribution in [0.2, 0.25) is 0 Å².